The van der Waals surface area contributed by atoms with Crippen molar-refractivity contribution in [1.82, 2.24) is 9.56 Å². The molecule has 278 valence electrons. The Bertz CT molecular complexity index is 1930. The fourth-order valence-corrected chi connectivity index (χ4v) is 9.03. The molecular weight excluding hydrogens is 704 g/mol. The summed E-state index contributed by atoms with van der Waals surface area (Å²) >= 11 is 3.60. The zero-order chi connectivity index (χ0) is 36.7. The number of fused-ring (bicyclic) bond motifs is 4. The Morgan fingerprint density at radius 3 is 1.60 bits per heavy atom. The van der Waals surface area contributed by atoms with E-state index in [4.69, 9.17) is 4.98 Å². The summed E-state index contributed by atoms with van der Waals surface area (Å²) in [5.74, 6) is 0.0454. The lowest BCUT2D eigenvalue weighted by atomic mass is 10.1. The van der Waals surface area contributed by atoms with Crippen LogP contribution in [0.5, 0.6) is 0 Å². The Balaban J connectivity index is 0.000000230. The number of amides is 1. The zero-order valence-corrected chi connectivity index (χ0v) is 34.8. The second-order valence-corrected chi connectivity index (χ2v) is 14.6. The molecule has 0 unspecified atom stereocenters. The van der Waals surface area contributed by atoms with E-state index in [2.05, 4.69) is 147 Å². The average Bonchev–Trinajstić information content (AvgIpc) is 3.15. The molecule has 3 aromatic carbocycles. The lowest BCUT2D eigenvalue weighted by Gasteiger charge is -2.33. The van der Waals surface area contributed by atoms with Crippen molar-refractivity contribution in [3.8, 4) is 10.6 Å². The number of hydrogen-bond acceptors (Lipinski definition) is 7. The molecule has 7 nitrogen and oxygen atoms in total. The number of nitrogens with zero attached hydrogens (tertiary/aromatic N) is 6. The standard InChI is InChI=1S/C22H29N3OS.C20H26N3S.ClH/c1-6-23(7-2)17-10-12-19-21(14-17)27-22-15-18(24(8-3)9-4)11-13-20(22)25(19)16(5)26;1-5-22(6-2)15-9-11-17-19(13-15)24-20-14-16(23(7-3)8-4)10-12-18(20)21-17;/h10-15H,6-9H2,1-5H3;9-14H,5-8H2,1-4H3;1H/q;+1;/p-1. The van der Waals surface area contributed by atoms with Gasteiger partial charge in [0, 0.05) is 85.2 Å². The van der Waals surface area contributed by atoms with Crippen molar-refractivity contribution in [2.75, 3.05) is 72.0 Å². The summed E-state index contributed by atoms with van der Waals surface area (Å²) in [7, 11) is 0. The number of carbonyl (C=O) groups is 1. The SMILES string of the molecule is CCN(CC)c1ccc2c(c1)Sc1cc(N(CC)CC)ccc1N2C(C)=O.CCN(CC)c1ccc2nc3ccc(=[N+](CC)CC)cc-3sc2c1.[Cl-]. The van der Waals surface area contributed by atoms with E-state index >= 15 is 0 Å². The van der Waals surface area contributed by atoms with E-state index in [-0.39, 0.29) is 18.3 Å². The molecule has 1 aliphatic carbocycles. The van der Waals surface area contributed by atoms with Crippen LogP contribution in [0.15, 0.2) is 82.6 Å². The van der Waals surface area contributed by atoms with Gasteiger partial charge in [-0.05, 0) is 116 Å². The van der Waals surface area contributed by atoms with Gasteiger partial charge in [0.05, 0.1) is 32.2 Å². The maximum atomic E-state index is 12.5. The normalized spacial score (nSPS) is 11.6. The molecule has 2 aliphatic heterocycles. The highest BCUT2D eigenvalue weighted by Gasteiger charge is 2.27. The van der Waals surface area contributed by atoms with Crippen LogP contribution in [0.2, 0.25) is 0 Å². The van der Waals surface area contributed by atoms with Crippen LogP contribution >= 0.6 is 23.1 Å². The first-order chi connectivity index (χ1) is 24.7. The minimum Gasteiger partial charge on any atom is -1.00 e. The summed E-state index contributed by atoms with van der Waals surface area (Å²) < 4.78 is 3.63. The minimum absolute atomic E-state index is 0. The second-order valence-electron chi connectivity index (χ2n) is 12.5. The van der Waals surface area contributed by atoms with Crippen molar-refractivity contribution in [3.63, 3.8) is 0 Å². The first-order valence-corrected chi connectivity index (χ1v) is 20.3. The molecule has 1 amide bonds. The minimum atomic E-state index is 0. The third-order valence-electron chi connectivity index (χ3n) is 9.77. The van der Waals surface area contributed by atoms with Gasteiger partial charge in [-0.1, -0.05) is 11.8 Å². The van der Waals surface area contributed by atoms with Gasteiger partial charge in [-0.25, -0.2) is 9.56 Å². The molecule has 0 atom stereocenters. The fraction of sp³-hybridized carbons (Fsp3) is 0.405. The van der Waals surface area contributed by atoms with Crippen molar-refractivity contribution < 1.29 is 17.2 Å². The van der Waals surface area contributed by atoms with Crippen molar-refractivity contribution in [3.05, 3.63) is 78.2 Å². The van der Waals surface area contributed by atoms with Gasteiger partial charge >= 0.3 is 0 Å². The molecule has 0 radical (unpaired) electrons. The molecule has 0 spiro atoms. The Hall–Kier alpha value is -3.79. The molecule has 0 saturated carbocycles. The highest BCUT2D eigenvalue weighted by molar-refractivity contribution is 7.99. The van der Waals surface area contributed by atoms with E-state index in [1.807, 2.05) is 16.2 Å². The molecule has 2 heterocycles. The predicted octanol–water partition coefficient (Wildman–Crippen LogP) is 6.59. The van der Waals surface area contributed by atoms with E-state index in [9.17, 15) is 4.79 Å². The lowest BCUT2D eigenvalue weighted by molar-refractivity contribution is -0.115. The van der Waals surface area contributed by atoms with Crippen LogP contribution in [-0.4, -0.2) is 63.2 Å². The van der Waals surface area contributed by atoms with Gasteiger partial charge in [0.25, 0.3) is 0 Å². The van der Waals surface area contributed by atoms with E-state index < -0.39 is 0 Å². The zero-order valence-electron chi connectivity index (χ0n) is 32.4. The highest BCUT2D eigenvalue weighted by Crippen LogP contribution is 2.50. The number of halogens is 1. The molecular formula is C42H55ClN6OS2. The number of aromatic nitrogens is 1. The largest absolute Gasteiger partial charge is 1.00 e. The predicted molar refractivity (Wildman–Crippen MR) is 223 cm³/mol. The van der Waals surface area contributed by atoms with Crippen molar-refractivity contribution >= 4 is 67.7 Å². The number of benzene rings is 4. The molecule has 6 rings (SSSR count). The number of anilines is 5. The third kappa shape index (κ3) is 8.70. The smallest absolute Gasteiger partial charge is 0.228 e. The lowest BCUT2D eigenvalue weighted by Crippen LogP contribution is -3.00. The van der Waals surface area contributed by atoms with Crippen molar-refractivity contribution in [1.29, 1.82) is 0 Å². The second kappa shape index (κ2) is 18.8. The summed E-state index contributed by atoms with van der Waals surface area (Å²) in [6.45, 7) is 27.1. The van der Waals surface area contributed by atoms with Gasteiger partial charge in [-0.2, -0.15) is 0 Å². The average molecular weight is 760 g/mol. The van der Waals surface area contributed by atoms with Crippen LogP contribution in [0.3, 0.4) is 0 Å². The third-order valence-corrected chi connectivity index (χ3v) is 12.0. The first-order valence-electron chi connectivity index (χ1n) is 18.7. The Kier molecular flexibility index (Phi) is 14.8. The maximum absolute atomic E-state index is 12.5. The van der Waals surface area contributed by atoms with Crippen molar-refractivity contribution in [2.45, 2.75) is 72.1 Å². The van der Waals surface area contributed by atoms with Crippen molar-refractivity contribution in [2.24, 2.45) is 0 Å². The Morgan fingerprint density at radius 1 is 0.654 bits per heavy atom. The molecule has 0 saturated heterocycles. The van der Waals surface area contributed by atoms with Gasteiger partial charge in [-0.15, -0.1) is 11.3 Å². The molecule has 3 aromatic rings. The maximum Gasteiger partial charge on any atom is 0.228 e. The molecule has 0 fully saturated rings. The summed E-state index contributed by atoms with van der Waals surface area (Å²) in [6.07, 6.45) is 0. The van der Waals surface area contributed by atoms with Crippen LogP contribution in [0, 0.1) is 0 Å². The first kappa shape index (κ1) is 41.0. The highest BCUT2D eigenvalue weighted by atomic mass is 35.5. The summed E-state index contributed by atoms with van der Waals surface area (Å²) in [4.78, 5) is 29.8. The topological polar surface area (TPSA) is 45.9 Å². The Labute approximate surface area is 325 Å². The van der Waals surface area contributed by atoms with E-state index in [0.29, 0.717) is 0 Å². The van der Waals surface area contributed by atoms with E-state index in [0.717, 1.165) is 84.7 Å². The van der Waals surface area contributed by atoms with Gasteiger partial charge in [0.1, 0.15) is 13.1 Å². The van der Waals surface area contributed by atoms with Gasteiger partial charge in [-0.3, -0.25) is 9.69 Å². The number of carbonyl (C=O) groups excluding carboxylic acids is 1. The van der Waals surface area contributed by atoms with Crippen LogP contribution in [0.1, 0.15) is 62.3 Å². The summed E-state index contributed by atoms with van der Waals surface area (Å²) in [6, 6.07) is 26.1. The van der Waals surface area contributed by atoms with E-state index in [1.54, 1.807) is 18.7 Å². The van der Waals surface area contributed by atoms with Crippen LogP contribution in [0.25, 0.3) is 20.8 Å². The van der Waals surface area contributed by atoms with Crippen LogP contribution < -0.4 is 41.9 Å². The monoisotopic (exact) mass is 758 g/mol. The Morgan fingerprint density at radius 2 is 1.13 bits per heavy atom. The molecule has 3 aliphatic rings. The quantitative estimate of drug-likeness (QED) is 0.112. The van der Waals surface area contributed by atoms with Gasteiger partial charge < -0.3 is 27.1 Å². The molecule has 0 aromatic heterocycles. The number of hydrogen-bond donors (Lipinski definition) is 0. The molecule has 52 heavy (non-hydrogen) atoms. The fourth-order valence-electron chi connectivity index (χ4n) is 6.87. The molecule has 10 heteroatoms. The number of rotatable bonds is 11. The summed E-state index contributed by atoms with van der Waals surface area (Å²) in [5, 5.41) is 1.28. The van der Waals surface area contributed by atoms with Gasteiger partial charge in [0.2, 0.25) is 11.3 Å². The van der Waals surface area contributed by atoms with E-state index in [1.165, 1.54) is 32.0 Å². The molecule has 0 N–H and O–H groups in total. The van der Waals surface area contributed by atoms with Crippen LogP contribution in [-0.2, 0) is 4.79 Å². The van der Waals surface area contributed by atoms with Gasteiger partial charge in [0.15, 0.2) is 0 Å². The summed E-state index contributed by atoms with van der Waals surface area (Å²) in [5.41, 5.74) is 7.82. The molecule has 0 bridgehead atoms. The van der Waals surface area contributed by atoms with Crippen LogP contribution in [0.4, 0.5) is 28.4 Å².